The Morgan fingerprint density at radius 2 is 1.33 bits per heavy atom. The van der Waals surface area contributed by atoms with E-state index in [9.17, 15) is 14.4 Å². The van der Waals surface area contributed by atoms with E-state index < -0.39 is 30.1 Å². The van der Waals surface area contributed by atoms with Gasteiger partial charge in [0.2, 0.25) is 0 Å². The van der Waals surface area contributed by atoms with Crippen LogP contribution in [0.1, 0.15) is 58.2 Å². The Hall–Kier alpha value is -3.87. The van der Waals surface area contributed by atoms with Gasteiger partial charge in [-0.25, -0.2) is 14.4 Å². The van der Waals surface area contributed by atoms with Crippen molar-refractivity contribution in [3.63, 3.8) is 0 Å². The fourth-order valence-corrected chi connectivity index (χ4v) is 7.25. The minimum atomic E-state index is -0.550. The number of fused-ring (bicyclic) bond motifs is 13. The average Bonchev–Trinajstić information content (AvgIpc) is 3.64. The molecular formula is C29H25NO6. The number of allylic oxidation sites excluding steroid dienone is 2. The van der Waals surface area contributed by atoms with Crippen molar-refractivity contribution in [2.75, 3.05) is 14.2 Å². The molecule has 1 saturated heterocycles. The Morgan fingerprint density at radius 3 is 1.83 bits per heavy atom. The van der Waals surface area contributed by atoms with Crippen molar-refractivity contribution in [1.82, 2.24) is 4.90 Å². The Morgan fingerprint density at radius 1 is 0.806 bits per heavy atom. The van der Waals surface area contributed by atoms with Crippen molar-refractivity contribution in [3.8, 4) is 0 Å². The molecule has 2 aliphatic heterocycles. The maximum atomic E-state index is 13.6. The molecule has 182 valence electrons. The SMILES string of the molecule is COC(=O)C1=C(C(=O)OC)[C@H]2[C@@H]1[C@@H]1c3cc4c(cc3[C@H]2N1C(=O)OCc1ccccc1)[C@@H]1C=C[C@H]4C1. The summed E-state index contributed by atoms with van der Waals surface area (Å²) in [5.74, 6) is -0.975. The van der Waals surface area contributed by atoms with E-state index in [1.54, 1.807) is 4.90 Å². The van der Waals surface area contributed by atoms with E-state index in [0.717, 1.165) is 23.1 Å². The molecule has 0 radical (unpaired) electrons. The Kier molecular flexibility index (Phi) is 4.50. The molecule has 36 heavy (non-hydrogen) atoms. The highest BCUT2D eigenvalue weighted by Gasteiger charge is 2.68. The monoisotopic (exact) mass is 483 g/mol. The zero-order chi connectivity index (χ0) is 24.7. The van der Waals surface area contributed by atoms with Crippen molar-refractivity contribution >= 4 is 18.0 Å². The molecule has 6 atom stereocenters. The maximum Gasteiger partial charge on any atom is 0.411 e. The third kappa shape index (κ3) is 2.66. The molecule has 0 unspecified atom stereocenters. The van der Waals surface area contributed by atoms with Crippen LogP contribution in [0.4, 0.5) is 4.79 Å². The fraction of sp³-hybridized carbons (Fsp3) is 0.345. The molecule has 2 aromatic carbocycles. The van der Waals surface area contributed by atoms with Crippen molar-refractivity contribution in [2.45, 2.75) is 36.9 Å². The predicted molar refractivity (Wildman–Crippen MR) is 128 cm³/mol. The summed E-state index contributed by atoms with van der Waals surface area (Å²) >= 11 is 0. The molecule has 0 spiro atoms. The minimum absolute atomic E-state index is 0.146. The lowest BCUT2D eigenvalue weighted by Gasteiger charge is -2.41. The number of hydrogen-bond acceptors (Lipinski definition) is 6. The minimum Gasteiger partial charge on any atom is -0.466 e. The van der Waals surface area contributed by atoms with Crippen LogP contribution in [0.2, 0.25) is 0 Å². The summed E-state index contributed by atoms with van der Waals surface area (Å²) in [4.78, 5) is 40.9. The highest BCUT2D eigenvalue weighted by atomic mass is 16.6. The molecule has 7 rings (SSSR count). The van der Waals surface area contributed by atoms with Crippen LogP contribution >= 0.6 is 0 Å². The average molecular weight is 484 g/mol. The molecule has 1 fully saturated rings. The van der Waals surface area contributed by atoms with Gasteiger partial charge in [0.1, 0.15) is 6.61 Å². The summed E-state index contributed by atoms with van der Waals surface area (Å²) < 4.78 is 15.9. The van der Waals surface area contributed by atoms with Gasteiger partial charge in [0.05, 0.1) is 37.4 Å². The van der Waals surface area contributed by atoms with Crippen molar-refractivity contribution in [2.24, 2.45) is 11.8 Å². The number of rotatable bonds is 4. The van der Waals surface area contributed by atoms with E-state index in [0.29, 0.717) is 23.0 Å². The maximum absolute atomic E-state index is 13.6. The van der Waals surface area contributed by atoms with E-state index in [4.69, 9.17) is 14.2 Å². The van der Waals surface area contributed by atoms with E-state index in [2.05, 4.69) is 24.3 Å². The number of amides is 1. The van der Waals surface area contributed by atoms with E-state index in [1.807, 2.05) is 30.3 Å². The van der Waals surface area contributed by atoms with Gasteiger partial charge in [0, 0.05) is 23.7 Å². The molecule has 0 N–H and O–H groups in total. The number of ether oxygens (including phenoxy) is 3. The highest BCUT2D eigenvalue weighted by molar-refractivity contribution is 6.05. The number of carbonyl (C=O) groups is 3. The molecule has 4 bridgehead atoms. The van der Waals surface area contributed by atoms with Crippen LogP contribution in [-0.2, 0) is 30.4 Å². The second-order valence-corrected chi connectivity index (χ2v) is 10.1. The number of methoxy groups -OCH3 is 2. The first-order valence-corrected chi connectivity index (χ1v) is 12.3. The van der Waals surface area contributed by atoms with E-state index >= 15 is 0 Å². The van der Waals surface area contributed by atoms with Gasteiger partial charge in [-0.05, 0) is 34.2 Å². The normalized spacial score (nSPS) is 29.4. The third-order valence-electron chi connectivity index (χ3n) is 8.66. The molecule has 2 aromatic rings. The molecule has 0 aromatic heterocycles. The van der Waals surface area contributed by atoms with Crippen LogP contribution in [0.15, 0.2) is 65.8 Å². The number of benzene rings is 2. The van der Waals surface area contributed by atoms with Crippen LogP contribution in [0.3, 0.4) is 0 Å². The van der Waals surface area contributed by atoms with Crippen molar-refractivity contribution < 1.29 is 28.6 Å². The van der Waals surface area contributed by atoms with Gasteiger partial charge in [0.15, 0.2) is 0 Å². The molecule has 7 nitrogen and oxygen atoms in total. The highest BCUT2D eigenvalue weighted by Crippen LogP contribution is 2.69. The van der Waals surface area contributed by atoms with Gasteiger partial charge in [-0.15, -0.1) is 0 Å². The quantitative estimate of drug-likeness (QED) is 0.363. The summed E-state index contributed by atoms with van der Waals surface area (Å²) in [6.07, 6.45) is 5.16. The van der Waals surface area contributed by atoms with Gasteiger partial charge in [-0.3, -0.25) is 4.90 Å². The topological polar surface area (TPSA) is 82.1 Å². The lowest BCUT2D eigenvalue weighted by atomic mass is 9.59. The number of esters is 2. The van der Waals surface area contributed by atoms with Gasteiger partial charge < -0.3 is 14.2 Å². The van der Waals surface area contributed by atoms with Crippen LogP contribution in [0.5, 0.6) is 0 Å². The van der Waals surface area contributed by atoms with Gasteiger partial charge >= 0.3 is 18.0 Å². The lowest BCUT2D eigenvalue weighted by Crippen LogP contribution is -2.42. The van der Waals surface area contributed by atoms with Gasteiger partial charge in [-0.1, -0.05) is 54.6 Å². The first kappa shape index (κ1) is 21.4. The van der Waals surface area contributed by atoms with Crippen LogP contribution < -0.4 is 0 Å². The summed E-state index contributed by atoms with van der Waals surface area (Å²) in [7, 11) is 2.61. The Balaban J connectivity index is 1.31. The van der Waals surface area contributed by atoms with E-state index in [-0.39, 0.29) is 18.4 Å². The van der Waals surface area contributed by atoms with Crippen molar-refractivity contribution in [3.05, 3.63) is 93.6 Å². The van der Waals surface area contributed by atoms with Crippen LogP contribution in [-0.4, -0.2) is 37.2 Å². The number of carbonyl (C=O) groups excluding carboxylic acids is 3. The molecule has 3 aliphatic carbocycles. The van der Waals surface area contributed by atoms with Crippen LogP contribution in [0.25, 0.3) is 0 Å². The second kappa shape index (κ2) is 7.56. The molecule has 7 heteroatoms. The smallest absolute Gasteiger partial charge is 0.411 e. The molecule has 2 heterocycles. The summed E-state index contributed by atoms with van der Waals surface area (Å²) in [6.45, 7) is 0.146. The summed E-state index contributed by atoms with van der Waals surface area (Å²) in [5, 5.41) is 0. The zero-order valence-corrected chi connectivity index (χ0v) is 20.0. The van der Waals surface area contributed by atoms with Crippen molar-refractivity contribution in [1.29, 1.82) is 0 Å². The van der Waals surface area contributed by atoms with Gasteiger partial charge in [0.25, 0.3) is 0 Å². The van der Waals surface area contributed by atoms with Crippen LogP contribution in [0, 0.1) is 11.8 Å². The molecule has 1 amide bonds. The largest absolute Gasteiger partial charge is 0.466 e. The standard InChI is InChI=1S/C29H25NO6/c1-34-27(31)23-21-22(24(23)28(32)35-2)26-20-12-18-16-9-8-15(10-16)17(18)11-19(20)25(21)30(26)29(33)36-13-14-6-4-3-5-7-14/h3-9,11-12,15-16,21-22,25-26H,10,13H2,1-2H3/t15-,16+,21-,22+,25-,26+. The summed E-state index contributed by atoms with van der Waals surface area (Å²) in [6, 6.07) is 13.2. The van der Waals surface area contributed by atoms with Gasteiger partial charge in [-0.2, -0.15) is 0 Å². The predicted octanol–water partition coefficient (Wildman–Crippen LogP) is 4.46. The Bertz CT molecular complexity index is 1320. The first-order chi connectivity index (χ1) is 17.5. The molecule has 5 aliphatic rings. The zero-order valence-electron chi connectivity index (χ0n) is 20.0. The molecule has 0 saturated carbocycles. The van der Waals surface area contributed by atoms with E-state index in [1.165, 1.54) is 25.3 Å². The third-order valence-corrected chi connectivity index (χ3v) is 8.66. The lowest BCUT2D eigenvalue weighted by molar-refractivity contribution is -0.142. The Labute approximate surface area is 208 Å². The summed E-state index contributed by atoms with van der Waals surface area (Å²) in [5.41, 5.74) is 6.22. The fourth-order valence-electron chi connectivity index (χ4n) is 7.25. The second-order valence-electron chi connectivity index (χ2n) is 10.1. The number of hydrogen-bond donors (Lipinski definition) is 0. The molecular weight excluding hydrogens is 458 g/mol. The first-order valence-electron chi connectivity index (χ1n) is 12.3. The number of nitrogens with zero attached hydrogens (tertiary/aromatic N) is 1.